The van der Waals surface area contributed by atoms with Gasteiger partial charge in [-0.3, -0.25) is 4.79 Å². The van der Waals surface area contributed by atoms with Crippen LogP contribution in [0.5, 0.6) is 0 Å². The number of hydrogen-bond donors (Lipinski definition) is 7. The van der Waals surface area contributed by atoms with Gasteiger partial charge >= 0.3 is 17.9 Å². The number of rotatable bonds is 15. The van der Waals surface area contributed by atoms with Crippen LogP contribution in [0.1, 0.15) is 118 Å². The number of hydrogen-bond acceptors (Lipinski definition) is 15. The summed E-state index contributed by atoms with van der Waals surface area (Å²) < 4.78 is 14.8. The molecule has 6 aromatic heterocycles. The second-order valence-electron chi connectivity index (χ2n) is 15.6. The van der Waals surface area contributed by atoms with E-state index in [2.05, 4.69) is 50.0 Å². The van der Waals surface area contributed by atoms with Crippen molar-refractivity contribution in [2.24, 2.45) is 5.73 Å². The molecule has 0 unspecified atom stereocenters. The van der Waals surface area contributed by atoms with Crippen LogP contribution in [-0.4, -0.2) is 117 Å². The summed E-state index contributed by atoms with van der Waals surface area (Å²) in [4.78, 5) is 61.6. The lowest BCUT2D eigenvalue weighted by Crippen LogP contribution is -2.30. The van der Waals surface area contributed by atoms with Gasteiger partial charge < -0.3 is 46.5 Å². The summed E-state index contributed by atoms with van der Waals surface area (Å²) in [6, 6.07) is 8.84. The van der Waals surface area contributed by atoms with E-state index in [4.69, 9.17) is 40.5 Å². The Labute approximate surface area is 398 Å². The number of halogens is 1. The fourth-order valence-electron chi connectivity index (χ4n) is 7.84. The van der Waals surface area contributed by atoms with Crippen molar-refractivity contribution in [3.63, 3.8) is 0 Å². The molecular weight excluding hydrogens is 900 g/mol. The number of carboxylic acid groups (broad SMARTS) is 3. The first-order chi connectivity index (χ1) is 32.4. The number of aromatic carboxylic acids is 3. The Hall–Kier alpha value is -6.81. The second kappa shape index (κ2) is 24.8. The third-order valence-electron chi connectivity index (χ3n) is 11.4. The summed E-state index contributed by atoms with van der Waals surface area (Å²) in [5, 5.41) is 47.2. The molecule has 68 heavy (non-hydrogen) atoms. The van der Waals surface area contributed by atoms with Crippen molar-refractivity contribution in [1.29, 1.82) is 0 Å². The number of carboxylic acids is 3. The predicted octanol–water partition coefficient (Wildman–Crippen LogP) is 5.59. The quantitative estimate of drug-likeness (QED) is 0.0660. The molecule has 2 saturated heterocycles. The van der Waals surface area contributed by atoms with Gasteiger partial charge in [0.2, 0.25) is 0 Å². The summed E-state index contributed by atoms with van der Waals surface area (Å²) >= 11 is 0. The van der Waals surface area contributed by atoms with Crippen LogP contribution in [-0.2, 0) is 48.5 Å². The smallest absolute Gasteiger partial charge is 0.354 e. The van der Waals surface area contributed by atoms with Crippen LogP contribution in [0, 0.1) is 0 Å². The number of nitrogens with two attached hydrogens (primary N) is 1. The molecule has 22 heteroatoms. The maximum atomic E-state index is 12.8. The highest BCUT2D eigenvalue weighted by Gasteiger charge is 2.24. The van der Waals surface area contributed by atoms with Crippen LogP contribution in [0.3, 0.4) is 0 Å². The number of ether oxygens (including phenoxy) is 2. The molecule has 0 radical (unpaired) electrons. The number of nitrogens with one attached hydrogen (secondary N) is 3. The molecule has 21 nitrogen and oxygen atoms in total. The molecule has 0 saturated carbocycles. The molecule has 0 aliphatic carbocycles. The molecule has 2 aliphatic rings. The average molecular weight is 960 g/mol. The Morgan fingerprint density at radius 2 is 1.03 bits per heavy atom. The number of anilines is 2. The van der Waals surface area contributed by atoms with Crippen molar-refractivity contribution < 1.29 is 44.0 Å². The van der Waals surface area contributed by atoms with E-state index < -0.39 is 23.8 Å². The molecule has 2 fully saturated rings. The third-order valence-corrected chi connectivity index (χ3v) is 11.4. The van der Waals surface area contributed by atoms with Crippen molar-refractivity contribution in [3.8, 4) is 0 Å². The Morgan fingerprint density at radius 3 is 1.43 bits per heavy atom. The Morgan fingerprint density at radius 1 is 0.632 bits per heavy atom. The van der Waals surface area contributed by atoms with E-state index in [1.54, 1.807) is 0 Å². The van der Waals surface area contributed by atoms with Gasteiger partial charge in [-0.25, -0.2) is 43.7 Å². The van der Waals surface area contributed by atoms with E-state index in [9.17, 15) is 19.2 Å². The maximum absolute atomic E-state index is 12.8. The van der Waals surface area contributed by atoms with E-state index in [0.717, 1.165) is 108 Å². The normalized spacial score (nSPS) is 13.9. The topological polar surface area (TPSA) is 297 Å². The zero-order valence-electron chi connectivity index (χ0n) is 38.5. The molecule has 8 N–H and O–H groups in total. The van der Waals surface area contributed by atoms with Crippen molar-refractivity contribution >= 4 is 69.7 Å². The fourth-order valence-corrected chi connectivity index (χ4v) is 7.84. The number of carbonyl (C=O) groups is 4. The molecule has 0 bridgehead atoms. The minimum Gasteiger partial charge on any atom is -0.477 e. The van der Waals surface area contributed by atoms with Gasteiger partial charge in [0.05, 0.1) is 34.5 Å². The van der Waals surface area contributed by atoms with Crippen LogP contribution in [0.25, 0.3) is 22.1 Å². The van der Waals surface area contributed by atoms with Crippen LogP contribution in [0.15, 0.2) is 48.8 Å². The molecule has 0 aromatic carbocycles. The van der Waals surface area contributed by atoms with Crippen LogP contribution in [0.2, 0.25) is 0 Å². The van der Waals surface area contributed by atoms with Crippen molar-refractivity contribution in [3.05, 3.63) is 94.1 Å². The number of amides is 1. The van der Waals surface area contributed by atoms with Crippen molar-refractivity contribution in [2.75, 3.05) is 37.1 Å². The van der Waals surface area contributed by atoms with Crippen LogP contribution in [0.4, 0.5) is 11.4 Å². The van der Waals surface area contributed by atoms with Gasteiger partial charge in [-0.05, 0) is 76.6 Å². The van der Waals surface area contributed by atoms with Gasteiger partial charge in [0.1, 0.15) is 22.8 Å². The molecule has 8 heterocycles. The number of fused-ring (bicyclic) bond motifs is 2. The number of pyridine rings is 4. The average Bonchev–Trinajstić information content (AvgIpc) is 3.98. The third kappa shape index (κ3) is 12.6. The van der Waals surface area contributed by atoms with Gasteiger partial charge in [-0.1, -0.05) is 26.0 Å². The molecule has 8 rings (SSSR count). The monoisotopic (exact) mass is 958 g/mol. The zero-order chi connectivity index (χ0) is 48.0. The number of nitrogens with zero attached hydrogens (tertiary/aromatic N) is 8. The minimum atomic E-state index is -1.24. The molecule has 364 valence electrons. The Bertz CT molecular complexity index is 2670. The van der Waals surface area contributed by atoms with E-state index in [1.807, 2.05) is 35.6 Å². The Balaban J connectivity index is 0.000000212. The lowest BCUT2D eigenvalue weighted by Gasteiger charge is -2.26. The summed E-state index contributed by atoms with van der Waals surface area (Å²) in [7, 11) is 0. The van der Waals surface area contributed by atoms with E-state index in [-0.39, 0.29) is 47.8 Å². The lowest BCUT2D eigenvalue weighted by molar-refractivity contribution is 0.0672. The highest BCUT2D eigenvalue weighted by Crippen LogP contribution is 2.32. The largest absolute Gasteiger partial charge is 0.477 e. The molecule has 6 aromatic rings. The second-order valence-corrected chi connectivity index (χ2v) is 15.6. The fraction of sp³-hybridized carbons (Fsp3) is 0.435. The summed E-state index contributed by atoms with van der Waals surface area (Å²) in [5.74, 6) is -4.10. The molecular formula is C46H59ClN12O9. The summed E-state index contributed by atoms with van der Waals surface area (Å²) in [6.45, 7) is 13.6. The van der Waals surface area contributed by atoms with Gasteiger partial charge in [-0.2, -0.15) is 10.2 Å². The molecule has 1 amide bonds. The minimum absolute atomic E-state index is 0. The highest BCUT2D eigenvalue weighted by molar-refractivity contribution is 5.96. The van der Waals surface area contributed by atoms with Crippen molar-refractivity contribution in [1.82, 2.24) is 44.8 Å². The number of carbonyl (C=O) groups excluding carboxylic acids is 1. The summed E-state index contributed by atoms with van der Waals surface area (Å²) in [5.41, 5.74) is 13.2. The first kappa shape index (κ1) is 52.2. The first-order valence-electron chi connectivity index (χ1n) is 22.5. The van der Waals surface area contributed by atoms with Crippen LogP contribution >= 0.6 is 12.4 Å². The van der Waals surface area contributed by atoms with E-state index >= 15 is 0 Å². The van der Waals surface area contributed by atoms with Gasteiger partial charge in [-0.15, -0.1) is 12.4 Å². The molecule has 2 aliphatic heterocycles. The predicted molar refractivity (Wildman–Crippen MR) is 256 cm³/mol. The maximum Gasteiger partial charge on any atom is 0.354 e. The number of aryl methyl sites for hydroxylation is 4. The SMILES string of the molecule is CCc1nc2c(cnn2CC)c(NC2CCOCC2)c1CN.CCc1nc2c(cnn2CC)c(NC2CCOCC2)c1CNC(=O)c1cccc(C(=O)O)n1.Cl.O=C(O)c1cccc(C(=O)O)n1. The standard InChI is InChI=1S/C23H28N6O4.C16H25N5O.C7H5NO4.ClH/c1-3-17-15(12-24-22(30)18-6-5-7-19(27-18)23(31)32)20(26-14-8-10-33-11-9-14)16-13-25-29(4-2)21(16)28-17;1-3-14-12(9-17)15(19-11-5-7-22-8-6-11)13-10-18-21(4-2)16(13)20-14;9-6(10)4-2-1-3-5(8-4)7(11)12;/h5-7,13-14H,3-4,8-12H2,1-2H3,(H,24,30)(H,26,28)(H,31,32);10-11H,3-9,17H2,1-2H3,(H,19,20);1-3H,(H,9,10)(H,11,12);1H. The van der Waals surface area contributed by atoms with Crippen molar-refractivity contribution in [2.45, 2.75) is 104 Å². The van der Waals surface area contributed by atoms with Crippen LogP contribution < -0.4 is 21.7 Å². The summed E-state index contributed by atoms with van der Waals surface area (Å²) in [6.07, 6.45) is 9.12. The zero-order valence-corrected chi connectivity index (χ0v) is 39.3. The Kier molecular flexibility index (Phi) is 19.0. The van der Waals surface area contributed by atoms with Gasteiger partial charge in [0.15, 0.2) is 11.3 Å². The first-order valence-corrected chi connectivity index (χ1v) is 22.5. The lowest BCUT2D eigenvalue weighted by atomic mass is 10.0. The van der Waals surface area contributed by atoms with E-state index in [0.29, 0.717) is 38.8 Å². The van der Waals surface area contributed by atoms with Gasteiger partial charge in [0, 0.05) is 87.2 Å². The van der Waals surface area contributed by atoms with E-state index in [1.165, 1.54) is 36.4 Å². The highest BCUT2D eigenvalue weighted by atomic mass is 35.5. The number of aromatic nitrogens is 8. The molecule has 0 atom stereocenters. The molecule has 0 spiro atoms. The van der Waals surface area contributed by atoms with Gasteiger partial charge in [0.25, 0.3) is 5.91 Å².